The number of ether oxygens (including phenoxy) is 1. The van der Waals surface area contributed by atoms with E-state index in [1.165, 1.54) is 0 Å². The van der Waals surface area contributed by atoms with Crippen molar-refractivity contribution in [2.75, 3.05) is 6.61 Å². The predicted octanol–water partition coefficient (Wildman–Crippen LogP) is 3.13. The zero-order valence-corrected chi connectivity index (χ0v) is 10.7. The van der Waals surface area contributed by atoms with Gasteiger partial charge in [-0.15, -0.1) is 0 Å². The van der Waals surface area contributed by atoms with Gasteiger partial charge in [0.2, 0.25) is 0 Å². The summed E-state index contributed by atoms with van der Waals surface area (Å²) in [6.45, 7) is 2.60. The first kappa shape index (κ1) is 12.2. The van der Waals surface area contributed by atoms with Crippen molar-refractivity contribution in [2.24, 2.45) is 11.1 Å². The van der Waals surface area contributed by atoms with E-state index < -0.39 is 0 Å². The van der Waals surface area contributed by atoms with Gasteiger partial charge < -0.3 is 10.5 Å². The number of hydrogen-bond acceptors (Lipinski definition) is 2. The standard InChI is InChI=1S/C13H17ClN2O/c1-9-2-3-10(14)11(6-9)17-8-13(4-5-13)7-12(15)16/h2-3,6H,4-5,7-8H2,1H3,(H3,15,16). The second-order valence-corrected chi connectivity index (χ2v) is 5.33. The first-order valence-electron chi connectivity index (χ1n) is 5.73. The maximum Gasteiger partial charge on any atom is 0.138 e. The van der Waals surface area contributed by atoms with Crippen molar-refractivity contribution in [3.63, 3.8) is 0 Å². The van der Waals surface area contributed by atoms with E-state index in [0.29, 0.717) is 18.1 Å². The minimum Gasteiger partial charge on any atom is -0.491 e. The molecule has 2 rings (SSSR count). The van der Waals surface area contributed by atoms with Crippen LogP contribution in [0.25, 0.3) is 0 Å². The Morgan fingerprint density at radius 2 is 2.24 bits per heavy atom. The molecule has 0 aromatic heterocycles. The largest absolute Gasteiger partial charge is 0.491 e. The van der Waals surface area contributed by atoms with E-state index in [1.807, 2.05) is 25.1 Å². The summed E-state index contributed by atoms with van der Waals surface area (Å²) in [6.07, 6.45) is 2.78. The van der Waals surface area contributed by atoms with E-state index in [9.17, 15) is 0 Å². The number of halogens is 1. The average molecular weight is 253 g/mol. The van der Waals surface area contributed by atoms with E-state index in [1.54, 1.807) is 0 Å². The Bertz CT molecular complexity index is 441. The summed E-state index contributed by atoms with van der Waals surface area (Å²) in [5.74, 6) is 0.961. The van der Waals surface area contributed by atoms with Crippen LogP contribution >= 0.6 is 11.6 Å². The van der Waals surface area contributed by atoms with Crippen LogP contribution in [0.4, 0.5) is 0 Å². The Labute approximate surface area is 106 Å². The van der Waals surface area contributed by atoms with Crippen LogP contribution in [-0.4, -0.2) is 12.4 Å². The Balaban J connectivity index is 1.98. The summed E-state index contributed by atoms with van der Waals surface area (Å²) in [7, 11) is 0. The van der Waals surface area contributed by atoms with Crippen LogP contribution in [0, 0.1) is 17.7 Å². The summed E-state index contributed by atoms with van der Waals surface area (Å²) in [6, 6.07) is 5.74. The highest BCUT2D eigenvalue weighted by atomic mass is 35.5. The topological polar surface area (TPSA) is 59.1 Å². The third kappa shape index (κ3) is 3.13. The number of nitrogens with one attached hydrogen (secondary N) is 1. The molecule has 0 unspecified atom stereocenters. The molecule has 1 aliphatic rings. The SMILES string of the molecule is Cc1ccc(Cl)c(OCC2(CC(=N)N)CC2)c1. The lowest BCUT2D eigenvalue weighted by Gasteiger charge is -2.16. The van der Waals surface area contributed by atoms with Gasteiger partial charge in [0.15, 0.2) is 0 Å². The minimum absolute atomic E-state index is 0.0823. The molecule has 1 aliphatic carbocycles. The first-order valence-corrected chi connectivity index (χ1v) is 6.10. The van der Waals surface area contributed by atoms with E-state index in [0.717, 1.165) is 24.2 Å². The molecule has 17 heavy (non-hydrogen) atoms. The normalized spacial score (nSPS) is 16.6. The number of benzene rings is 1. The summed E-state index contributed by atoms with van der Waals surface area (Å²) in [4.78, 5) is 0. The monoisotopic (exact) mass is 252 g/mol. The molecule has 0 radical (unpaired) electrons. The quantitative estimate of drug-likeness (QED) is 0.625. The van der Waals surface area contributed by atoms with Crippen molar-refractivity contribution in [2.45, 2.75) is 26.2 Å². The first-order chi connectivity index (χ1) is 8.01. The van der Waals surface area contributed by atoms with E-state index in [4.69, 9.17) is 27.5 Å². The van der Waals surface area contributed by atoms with Crippen molar-refractivity contribution in [3.05, 3.63) is 28.8 Å². The molecule has 3 N–H and O–H groups in total. The number of hydrogen-bond donors (Lipinski definition) is 2. The van der Waals surface area contributed by atoms with Crippen molar-refractivity contribution in [3.8, 4) is 5.75 Å². The fourth-order valence-electron chi connectivity index (χ4n) is 1.90. The predicted molar refractivity (Wildman–Crippen MR) is 69.9 cm³/mol. The van der Waals surface area contributed by atoms with Gasteiger partial charge in [-0.05, 0) is 37.5 Å². The second-order valence-electron chi connectivity index (χ2n) is 4.92. The molecular formula is C13H17ClN2O. The molecular weight excluding hydrogens is 236 g/mol. The molecule has 0 saturated heterocycles. The third-order valence-electron chi connectivity index (χ3n) is 3.14. The average Bonchev–Trinajstić information content (AvgIpc) is 2.99. The van der Waals surface area contributed by atoms with E-state index >= 15 is 0 Å². The van der Waals surface area contributed by atoms with Crippen molar-refractivity contribution in [1.29, 1.82) is 5.41 Å². The van der Waals surface area contributed by atoms with Crippen molar-refractivity contribution in [1.82, 2.24) is 0 Å². The number of nitrogens with two attached hydrogens (primary N) is 1. The lowest BCUT2D eigenvalue weighted by molar-refractivity contribution is 0.238. The summed E-state index contributed by atoms with van der Waals surface area (Å²) >= 11 is 6.06. The Morgan fingerprint density at radius 1 is 1.53 bits per heavy atom. The smallest absolute Gasteiger partial charge is 0.138 e. The summed E-state index contributed by atoms with van der Waals surface area (Å²) < 4.78 is 5.76. The van der Waals surface area contributed by atoms with Crippen LogP contribution in [-0.2, 0) is 0 Å². The Hall–Kier alpha value is -1.22. The summed E-state index contributed by atoms with van der Waals surface area (Å²) in [5.41, 5.74) is 6.65. The molecule has 1 aromatic carbocycles. The van der Waals surface area contributed by atoms with Gasteiger partial charge in [0.25, 0.3) is 0 Å². The lowest BCUT2D eigenvalue weighted by atomic mass is 10.0. The van der Waals surface area contributed by atoms with Gasteiger partial charge in [-0.25, -0.2) is 0 Å². The molecule has 3 nitrogen and oxygen atoms in total. The van der Waals surface area contributed by atoms with Gasteiger partial charge in [-0.1, -0.05) is 17.7 Å². The zero-order valence-electron chi connectivity index (χ0n) is 9.92. The fourth-order valence-corrected chi connectivity index (χ4v) is 2.08. The maximum atomic E-state index is 7.35. The molecule has 0 atom stereocenters. The molecule has 0 spiro atoms. The Morgan fingerprint density at radius 3 is 2.82 bits per heavy atom. The van der Waals surface area contributed by atoms with Crippen LogP contribution in [0.3, 0.4) is 0 Å². The van der Waals surface area contributed by atoms with Gasteiger partial charge in [-0.2, -0.15) is 0 Å². The van der Waals surface area contributed by atoms with Crippen LogP contribution < -0.4 is 10.5 Å². The van der Waals surface area contributed by atoms with Crippen LogP contribution in [0.5, 0.6) is 5.75 Å². The van der Waals surface area contributed by atoms with E-state index in [-0.39, 0.29) is 11.3 Å². The van der Waals surface area contributed by atoms with E-state index in [2.05, 4.69) is 0 Å². The third-order valence-corrected chi connectivity index (χ3v) is 3.46. The van der Waals surface area contributed by atoms with Crippen LogP contribution in [0.1, 0.15) is 24.8 Å². The summed E-state index contributed by atoms with van der Waals surface area (Å²) in [5, 5.41) is 7.98. The highest BCUT2D eigenvalue weighted by molar-refractivity contribution is 6.32. The molecule has 4 heteroatoms. The molecule has 1 fully saturated rings. The number of rotatable bonds is 5. The number of aryl methyl sites for hydroxylation is 1. The highest BCUT2D eigenvalue weighted by Crippen LogP contribution is 2.49. The van der Waals surface area contributed by atoms with Crippen molar-refractivity contribution < 1.29 is 4.74 Å². The van der Waals surface area contributed by atoms with Gasteiger partial charge in [0.05, 0.1) is 17.5 Å². The van der Waals surface area contributed by atoms with Crippen molar-refractivity contribution >= 4 is 17.4 Å². The van der Waals surface area contributed by atoms with Crippen LogP contribution in [0.2, 0.25) is 5.02 Å². The number of amidine groups is 1. The molecule has 1 aromatic rings. The van der Waals surface area contributed by atoms with Crippen LogP contribution in [0.15, 0.2) is 18.2 Å². The second kappa shape index (κ2) is 4.57. The molecule has 0 aliphatic heterocycles. The molecule has 0 amide bonds. The highest BCUT2D eigenvalue weighted by Gasteiger charge is 2.44. The zero-order chi connectivity index (χ0) is 12.5. The molecule has 0 heterocycles. The molecule has 92 valence electrons. The maximum absolute atomic E-state index is 7.35. The fraction of sp³-hybridized carbons (Fsp3) is 0.462. The molecule has 1 saturated carbocycles. The van der Waals surface area contributed by atoms with Gasteiger partial charge in [0.1, 0.15) is 5.75 Å². The minimum atomic E-state index is 0.0823. The Kier molecular flexibility index (Phi) is 3.29. The van der Waals surface area contributed by atoms with Gasteiger partial charge in [-0.3, -0.25) is 5.41 Å². The molecule has 0 bridgehead atoms. The lowest BCUT2D eigenvalue weighted by Crippen LogP contribution is -2.21. The van der Waals surface area contributed by atoms with Gasteiger partial charge >= 0.3 is 0 Å². The van der Waals surface area contributed by atoms with Gasteiger partial charge in [0, 0.05) is 11.8 Å².